The van der Waals surface area contributed by atoms with Crippen molar-refractivity contribution in [1.29, 1.82) is 0 Å². The van der Waals surface area contributed by atoms with E-state index < -0.39 is 0 Å². The molecule has 1 aromatic rings. The Morgan fingerprint density at radius 1 is 1.20 bits per heavy atom. The van der Waals surface area contributed by atoms with Gasteiger partial charge in [-0.3, -0.25) is 0 Å². The second-order valence-corrected chi connectivity index (χ2v) is 5.45. The molecule has 0 aliphatic heterocycles. The molecule has 0 saturated heterocycles. The van der Waals surface area contributed by atoms with Crippen LogP contribution in [0, 0.1) is 5.92 Å². The van der Waals surface area contributed by atoms with Crippen molar-refractivity contribution in [2.24, 2.45) is 11.7 Å². The van der Waals surface area contributed by atoms with Gasteiger partial charge in [-0.2, -0.15) is 0 Å². The van der Waals surface area contributed by atoms with Crippen LogP contribution >= 0.6 is 44.3 Å². The van der Waals surface area contributed by atoms with Gasteiger partial charge in [0.25, 0.3) is 0 Å². The molecule has 1 nitrogen and oxygen atoms in total. The molecule has 2 atom stereocenters. The first-order valence-corrected chi connectivity index (χ1v) is 6.34. The zero-order valence-corrected chi connectivity index (χ0v) is 12.8. The number of hydrogen-bond acceptors (Lipinski definition) is 1. The van der Waals surface area contributed by atoms with E-state index in [0.717, 1.165) is 15.4 Å². The zero-order chi connectivity index (χ0) is 10.7. The minimum atomic E-state index is 0. The number of nitrogens with two attached hydrogens (primary N) is 1. The summed E-state index contributed by atoms with van der Waals surface area (Å²) in [6, 6.07) is 6.31. The van der Waals surface area contributed by atoms with Gasteiger partial charge in [0.1, 0.15) is 0 Å². The monoisotopic (exact) mass is 355 g/mol. The summed E-state index contributed by atoms with van der Waals surface area (Å²) in [5.41, 5.74) is 7.33. The van der Waals surface area contributed by atoms with E-state index >= 15 is 0 Å². The highest BCUT2D eigenvalue weighted by atomic mass is 79.9. The first kappa shape index (κ1) is 15.4. The summed E-state index contributed by atoms with van der Waals surface area (Å²) in [7, 11) is 0. The average molecular weight is 358 g/mol. The molecule has 1 rings (SSSR count). The van der Waals surface area contributed by atoms with Gasteiger partial charge in [0.2, 0.25) is 0 Å². The van der Waals surface area contributed by atoms with Gasteiger partial charge in [-0.15, -0.1) is 12.4 Å². The van der Waals surface area contributed by atoms with Crippen molar-refractivity contribution in [2.45, 2.75) is 26.3 Å². The van der Waals surface area contributed by atoms with Gasteiger partial charge in [-0.05, 0) is 29.7 Å². The van der Waals surface area contributed by atoms with Gasteiger partial charge in [-0.25, -0.2) is 0 Å². The highest BCUT2D eigenvalue weighted by Crippen LogP contribution is 2.27. The standard InChI is InChI=1S/C11H15Br2N.ClH/c1-3-7(2)11(14)8-4-9(12)6-10(13)5-8;/h4-7,11H,3,14H2,1-2H3;1H/t7?,11-;/m0./s1. The fraction of sp³-hybridized carbons (Fsp3) is 0.455. The number of halogens is 3. The Kier molecular flexibility index (Phi) is 7.09. The van der Waals surface area contributed by atoms with Crippen molar-refractivity contribution in [3.63, 3.8) is 0 Å². The zero-order valence-electron chi connectivity index (χ0n) is 8.84. The van der Waals surface area contributed by atoms with Crippen LogP contribution in [-0.2, 0) is 0 Å². The molecule has 0 spiro atoms. The van der Waals surface area contributed by atoms with E-state index in [1.807, 2.05) is 6.07 Å². The Labute approximate surface area is 114 Å². The van der Waals surface area contributed by atoms with E-state index in [1.165, 1.54) is 5.56 Å². The minimum absolute atomic E-state index is 0. The van der Waals surface area contributed by atoms with Crippen LogP contribution < -0.4 is 5.73 Å². The Morgan fingerprint density at radius 3 is 2.07 bits per heavy atom. The molecule has 0 aliphatic rings. The third kappa shape index (κ3) is 4.43. The first-order valence-electron chi connectivity index (χ1n) is 4.76. The molecular formula is C11H16Br2ClN. The van der Waals surface area contributed by atoms with Gasteiger partial charge < -0.3 is 5.73 Å². The van der Waals surface area contributed by atoms with Crippen molar-refractivity contribution < 1.29 is 0 Å². The molecule has 2 N–H and O–H groups in total. The van der Waals surface area contributed by atoms with Crippen molar-refractivity contribution in [3.05, 3.63) is 32.7 Å². The van der Waals surface area contributed by atoms with E-state index in [1.54, 1.807) is 0 Å². The van der Waals surface area contributed by atoms with E-state index in [2.05, 4.69) is 57.8 Å². The van der Waals surface area contributed by atoms with Crippen molar-refractivity contribution in [3.8, 4) is 0 Å². The van der Waals surface area contributed by atoms with E-state index in [-0.39, 0.29) is 18.4 Å². The lowest BCUT2D eigenvalue weighted by atomic mass is 9.93. The van der Waals surface area contributed by atoms with Crippen LogP contribution in [0.3, 0.4) is 0 Å². The van der Waals surface area contributed by atoms with Gasteiger partial charge in [0.05, 0.1) is 0 Å². The Bertz CT molecular complexity index is 297. The van der Waals surface area contributed by atoms with Crippen LogP contribution in [0.2, 0.25) is 0 Å². The average Bonchev–Trinajstić information content (AvgIpc) is 2.14. The predicted octanol–water partition coefficient (Wildman–Crippen LogP) is 4.68. The topological polar surface area (TPSA) is 26.0 Å². The summed E-state index contributed by atoms with van der Waals surface area (Å²) in [6.45, 7) is 4.34. The van der Waals surface area contributed by atoms with Crippen molar-refractivity contribution in [2.75, 3.05) is 0 Å². The lowest BCUT2D eigenvalue weighted by molar-refractivity contribution is 0.456. The highest BCUT2D eigenvalue weighted by molar-refractivity contribution is 9.11. The lowest BCUT2D eigenvalue weighted by Crippen LogP contribution is -2.18. The number of rotatable bonds is 3. The quantitative estimate of drug-likeness (QED) is 0.835. The molecule has 1 aromatic carbocycles. The maximum atomic E-state index is 6.15. The third-order valence-corrected chi connectivity index (χ3v) is 3.44. The fourth-order valence-corrected chi connectivity index (χ4v) is 2.68. The molecular weight excluding hydrogens is 341 g/mol. The van der Waals surface area contributed by atoms with Crippen molar-refractivity contribution >= 4 is 44.3 Å². The maximum absolute atomic E-state index is 6.15. The normalized spacial score (nSPS) is 14.2. The molecule has 0 saturated carbocycles. The molecule has 0 aromatic heterocycles. The second kappa shape index (κ2) is 6.89. The molecule has 86 valence electrons. The molecule has 0 amide bonds. The van der Waals surface area contributed by atoms with Crippen LogP contribution in [-0.4, -0.2) is 0 Å². The van der Waals surface area contributed by atoms with Crippen LogP contribution in [0.1, 0.15) is 31.9 Å². The fourth-order valence-electron chi connectivity index (χ4n) is 1.35. The summed E-state index contributed by atoms with van der Waals surface area (Å²) in [5, 5.41) is 0. The lowest BCUT2D eigenvalue weighted by Gasteiger charge is -2.19. The van der Waals surface area contributed by atoms with Crippen LogP contribution in [0.4, 0.5) is 0 Å². The molecule has 0 fully saturated rings. The SMILES string of the molecule is CCC(C)[C@H](N)c1cc(Br)cc(Br)c1.Cl. The van der Waals surface area contributed by atoms with Gasteiger partial charge in [-0.1, -0.05) is 52.1 Å². The van der Waals surface area contributed by atoms with Crippen LogP contribution in [0.5, 0.6) is 0 Å². The Morgan fingerprint density at radius 2 is 1.67 bits per heavy atom. The van der Waals surface area contributed by atoms with Gasteiger partial charge in [0.15, 0.2) is 0 Å². The van der Waals surface area contributed by atoms with Crippen LogP contribution in [0.25, 0.3) is 0 Å². The second-order valence-electron chi connectivity index (χ2n) is 3.61. The van der Waals surface area contributed by atoms with E-state index in [4.69, 9.17) is 5.73 Å². The maximum Gasteiger partial charge on any atom is 0.0321 e. The molecule has 0 radical (unpaired) electrons. The van der Waals surface area contributed by atoms with Gasteiger partial charge in [0, 0.05) is 15.0 Å². The van der Waals surface area contributed by atoms with Gasteiger partial charge >= 0.3 is 0 Å². The first-order chi connectivity index (χ1) is 6.54. The molecule has 15 heavy (non-hydrogen) atoms. The summed E-state index contributed by atoms with van der Waals surface area (Å²) in [5.74, 6) is 0.510. The molecule has 0 aliphatic carbocycles. The smallest absolute Gasteiger partial charge is 0.0321 e. The molecule has 0 bridgehead atoms. The summed E-state index contributed by atoms with van der Waals surface area (Å²) in [4.78, 5) is 0. The third-order valence-electron chi connectivity index (χ3n) is 2.53. The molecule has 4 heteroatoms. The highest BCUT2D eigenvalue weighted by Gasteiger charge is 2.13. The Balaban J connectivity index is 0.00000196. The van der Waals surface area contributed by atoms with Crippen LogP contribution in [0.15, 0.2) is 27.1 Å². The summed E-state index contributed by atoms with van der Waals surface area (Å²) in [6.07, 6.45) is 1.10. The summed E-state index contributed by atoms with van der Waals surface area (Å²) >= 11 is 6.93. The number of hydrogen-bond donors (Lipinski definition) is 1. The molecule has 1 unspecified atom stereocenters. The van der Waals surface area contributed by atoms with Crippen molar-refractivity contribution in [1.82, 2.24) is 0 Å². The summed E-state index contributed by atoms with van der Waals surface area (Å²) < 4.78 is 2.14. The number of benzene rings is 1. The molecule has 0 heterocycles. The van der Waals surface area contributed by atoms with E-state index in [9.17, 15) is 0 Å². The Hall–Kier alpha value is 0.430. The largest absolute Gasteiger partial charge is 0.324 e. The minimum Gasteiger partial charge on any atom is -0.324 e. The predicted molar refractivity (Wildman–Crippen MR) is 75.5 cm³/mol. The van der Waals surface area contributed by atoms with E-state index in [0.29, 0.717) is 5.92 Å².